The predicted octanol–water partition coefficient (Wildman–Crippen LogP) is 2.43. The van der Waals surface area contributed by atoms with E-state index in [2.05, 4.69) is 0 Å². The molecule has 1 rings (SSSR count). The standard InChI is InChI=1S/C10H12O2S2/c1-13-10(14(2)12)7-8-3-5-9(11)6-4-8/h3-7,11H,1-2H3/b10-7+. The molecule has 1 atom stereocenters. The average Bonchev–Trinajstić information content (AvgIpc) is 2.16. The molecule has 1 unspecified atom stereocenters. The lowest BCUT2D eigenvalue weighted by Gasteiger charge is -1.99. The van der Waals surface area contributed by atoms with Crippen LogP contribution in [0.3, 0.4) is 0 Å². The first-order chi connectivity index (χ1) is 6.63. The van der Waals surface area contributed by atoms with Crippen molar-refractivity contribution in [1.82, 2.24) is 0 Å². The quantitative estimate of drug-likeness (QED) is 0.863. The summed E-state index contributed by atoms with van der Waals surface area (Å²) in [5.74, 6) is 0.241. The summed E-state index contributed by atoms with van der Waals surface area (Å²) in [7, 11) is -0.948. The Morgan fingerprint density at radius 1 is 1.43 bits per heavy atom. The van der Waals surface area contributed by atoms with Gasteiger partial charge in [0.25, 0.3) is 0 Å². The molecule has 2 nitrogen and oxygen atoms in total. The predicted molar refractivity (Wildman–Crippen MR) is 63.7 cm³/mol. The lowest BCUT2D eigenvalue weighted by Crippen LogP contribution is -1.86. The van der Waals surface area contributed by atoms with Crippen LogP contribution in [0.4, 0.5) is 0 Å². The van der Waals surface area contributed by atoms with E-state index in [1.807, 2.05) is 12.3 Å². The van der Waals surface area contributed by atoms with Crippen LogP contribution >= 0.6 is 11.8 Å². The summed E-state index contributed by atoms with van der Waals surface area (Å²) in [6.07, 6.45) is 5.41. The van der Waals surface area contributed by atoms with E-state index < -0.39 is 10.8 Å². The van der Waals surface area contributed by atoms with Gasteiger partial charge < -0.3 is 5.11 Å². The molecule has 0 spiro atoms. The summed E-state index contributed by atoms with van der Waals surface area (Å²) in [6.45, 7) is 0. The molecule has 0 heterocycles. The molecule has 76 valence electrons. The topological polar surface area (TPSA) is 37.3 Å². The summed E-state index contributed by atoms with van der Waals surface area (Å²) in [4.78, 5) is 0. The summed E-state index contributed by atoms with van der Waals surface area (Å²) < 4.78 is 12.0. The molecule has 0 aromatic heterocycles. The summed E-state index contributed by atoms with van der Waals surface area (Å²) in [6, 6.07) is 6.81. The second-order valence-electron chi connectivity index (χ2n) is 2.71. The number of hydrogen-bond acceptors (Lipinski definition) is 3. The van der Waals surface area contributed by atoms with Gasteiger partial charge in [0.1, 0.15) is 5.75 Å². The van der Waals surface area contributed by atoms with Crippen LogP contribution in [-0.2, 0) is 10.8 Å². The van der Waals surface area contributed by atoms with Gasteiger partial charge in [-0.1, -0.05) is 12.1 Å². The molecule has 4 heteroatoms. The van der Waals surface area contributed by atoms with Gasteiger partial charge in [0.05, 0.1) is 15.0 Å². The van der Waals surface area contributed by atoms with Crippen LogP contribution in [0.1, 0.15) is 5.56 Å². The number of aromatic hydroxyl groups is 1. The van der Waals surface area contributed by atoms with E-state index in [0.717, 1.165) is 9.80 Å². The second-order valence-corrected chi connectivity index (χ2v) is 5.17. The maximum atomic E-state index is 11.2. The fraction of sp³-hybridized carbons (Fsp3) is 0.200. The molecule has 0 saturated carbocycles. The highest BCUT2D eigenvalue weighted by molar-refractivity contribution is 8.16. The number of rotatable bonds is 3. The fourth-order valence-corrected chi connectivity index (χ4v) is 2.46. The van der Waals surface area contributed by atoms with Crippen LogP contribution in [-0.4, -0.2) is 21.8 Å². The van der Waals surface area contributed by atoms with E-state index in [0.29, 0.717) is 0 Å². The number of benzene rings is 1. The van der Waals surface area contributed by atoms with Crippen LogP contribution in [0, 0.1) is 0 Å². The molecule has 0 radical (unpaired) electrons. The van der Waals surface area contributed by atoms with Gasteiger partial charge in [-0.25, -0.2) is 0 Å². The van der Waals surface area contributed by atoms with Gasteiger partial charge in [-0.05, 0) is 30.0 Å². The number of phenolic OH excluding ortho intramolecular Hbond substituents is 1. The van der Waals surface area contributed by atoms with E-state index in [1.165, 1.54) is 11.8 Å². The molecule has 0 aliphatic carbocycles. The Hall–Kier alpha value is -0.740. The molecule has 14 heavy (non-hydrogen) atoms. The minimum absolute atomic E-state index is 0.241. The molecule has 1 aromatic rings. The van der Waals surface area contributed by atoms with Gasteiger partial charge in [-0.2, -0.15) is 0 Å². The maximum absolute atomic E-state index is 11.2. The summed E-state index contributed by atoms with van der Waals surface area (Å²) in [5, 5.41) is 9.07. The maximum Gasteiger partial charge on any atom is 0.115 e. The Bertz CT molecular complexity index is 355. The molecular formula is C10H12O2S2. The van der Waals surface area contributed by atoms with Crippen molar-refractivity contribution in [3.05, 3.63) is 34.1 Å². The normalized spacial score (nSPS) is 14.0. The van der Waals surface area contributed by atoms with Gasteiger partial charge in [0.2, 0.25) is 0 Å². The van der Waals surface area contributed by atoms with E-state index in [9.17, 15) is 4.21 Å². The van der Waals surface area contributed by atoms with Crippen molar-refractivity contribution in [1.29, 1.82) is 0 Å². The lowest BCUT2D eigenvalue weighted by atomic mass is 10.2. The monoisotopic (exact) mass is 228 g/mol. The van der Waals surface area contributed by atoms with Gasteiger partial charge >= 0.3 is 0 Å². The smallest absolute Gasteiger partial charge is 0.115 e. The largest absolute Gasteiger partial charge is 0.508 e. The zero-order valence-corrected chi connectivity index (χ0v) is 9.69. The minimum Gasteiger partial charge on any atom is -0.508 e. The van der Waals surface area contributed by atoms with Crippen LogP contribution in [0.5, 0.6) is 5.75 Å². The van der Waals surface area contributed by atoms with Crippen molar-refractivity contribution < 1.29 is 9.32 Å². The molecule has 0 bridgehead atoms. The Balaban J connectivity index is 2.95. The highest BCUT2D eigenvalue weighted by Crippen LogP contribution is 2.20. The summed E-state index contributed by atoms with van der Waals surface area (Å²) in [5.41, 5.74) is 0.947. The van der Waals surface area contributed by atoms with Gasteiger partial charge in [0.15, 0.2) is 0 Å². The average molecular weight is 228 g/mol. The SMILES string of the molecule is CS/C(=C\c1ccc(O)cc1)S(C)=O. The molecule has 0 amide bonds. The molecule has 1 N–H and O–H groups in total. The first-order valence-corrected chi connectivity index (χ1v) is 6.80. The third-order valence-electron chi connectivity index (χ3n) is 1.66. The van der Waals surface area contributed by atoms with Crippen LogP contribution in [0.15, 0.2) is 28.5 Å². The molecule has 1 aromatic carbocycles. The molecule has 0 aliphatic heterocycles. The molecule has 0 saturated heterocycles. The Kier molecular flexibility index (Phi) is 4.22. The first kappa shape index (κ1) is 11.3. The van der Waals surface area contributed by atoms with Gasteiger partial charge in [-0.3, -0.25) is 4.21 Å². The summed E-state index contributed by atoms with van der Waals surface area (Å²) >= 11 is 1.48. The first-order valence-electron chi connectivity index (χ1n) is 4.01. The highest BCUT2D eigenvalue weighted by Gasteiger charge is 1.99. The fourth-order valence-electron chi connectivity index (χ4n) is 0.966. The zero-order chi connectivity index (χ0) is 10.6. The third kappa shape index (κ3) is 3.20. The lowest BCUT2D eigenvalue weighted by molar-refractivity contribution is 0.475. The van der Waals surface area contributed by atoms with Crippen LogP contribution < -0.4 is 0 Å². The van der Waals surface area contributed by atoms with Crippen molar-refractivity contribution in [3.63, 3.8) is 0 Å². The van der Waals surface area contributed by atoms with Crippen molar-refractivity contribution in [2.45, 2.75) is 0 Å². The third-order valence-corrected chi connectivity index (χ3v) is 4.07. The van der Waals surface area contributed by atoms with Crippen molar-refractivity contribution in [2.75, 3.05) is 12.5 Å². The Morgan fingerprint density at radius 3 is 2.43 bits per heavy atom. The van der Waals surface area contributed by atoms with E-state index in [-0.39, 0.29) is 5.75 Å². The number of thioether (sulfide) groups is 1. The van der Waals surface area contributed by atoms with Crippen molar-refractivity contribution >= 4 is 28.6 Å². The minimum atomic E-state index is -0.948. The van der Waals surface area contributed by atoms with Crippen LogP contribution in [0.25, 0.3) is 6.08 Å². The number of hydrogen-bond donors (Lipinski definition) is 1. The van der Waals surface area contributed by atoms with E-state index in [4.69, 9.17) is 5.11 Å². The molecule has 0 fully saturated rings. The molecular weight excluding hydrogens is 216 g/mol. The Morgan fingerprint density at radius 2 is 2.00 bits per heavy atom. The van der Waals surface area contributed by atoms with E-state index >= 15 is 0 Å². The van der Waals surface area contributed by atoms with Crippen molar-refractivity contribution in [2.24, 2.45) is 0 Å². The molecule has 0 aliphatic rings. The van der Waals surface area contributed by atoms with Gasteiger partial charge in [-0.15, -0.1) is 11.8 Å². The zero-order valence-electron chi connectivity index (χ0n) is 8.06. The van der Waals surface area contributed by atoms with Gasteiger partial charge in [0, 0.05) is 6.26 Å². The second kappa shape index (κ2) is 5.22. The Labute approximate surface area is 90.5 Å². The van der Waals surface area contributed by atoms with Crippen LogP contribution in [0.2, 0.25) is 0 Å². The highest BCUT2D eigenvalue weighted by atomic mass is 32.2. The number of phenols is 1. The van der Waals surface area contributed by atoms with Crippen molar-refractivity contribution in [3.8, 4) is 5.75 Å². The van der Waals surface area contributed by atoms with E-state index in [1.54, 1.807) is 30.5 Å².